The molecule has 0 aliphatic carbocycles. The van der Waals surface area contributed by atoms with Crippen molar-refractivity contribution in [2.45, 2.75) is 11.9 Å². The molecule has 4 nitrogen and oxygen atoms in total. The average molecular weight is 351 g/mol. The summed E-state index contributed by atoms with van der Waals surface area (Å²) in [6.07, 6.45) is -3.77. The van der Waals surface area contributed by atoms with Crippen molar-refractivity contribution in [1.82, 2.24) is 4.98 Å². The van der Waals surface area contributed by atoms with Crippen LogP contribution in [0.5, 0.6) is 0 Å². The lowest BCUT2D eigenvalue weighted by Crippen LogP contribution is -2.15. The summed E-state index contributed by atoms with van der Waals surface area (Å²) in [4.78, 5) is 15.3. The van der Waals surface area contributed by atoms with E-state index in [1.165, 1.54) is 11.8 Å². The molecule has 0 unspecified atom stereocenters. The van der Waals surface area contributed by atoms with E-state index >= 15 is 0 Å². The largest absolute Gasteiger partial charge is 0.417 e. The van der Waals surface area contributed by atoms with Crippen LogP contribution in [0.3, 0.4) is 0 Å². The highest BCUT2D eigenvalue weighted by atomic mass is 32.2. The molecule has 2 aromatic rings. The van der Waals surface area contributed by atoms with Gasteiger partial charge >= 0.3 is 6.18 Å². The highest BCUT2D eigenvalue weighted by Crippen LogP contribution is 2.28. The molecule has 0 saturated heterocycles. The van der Waals surface area contributed by atoms with Crippen LogP contribution >= 0.6 is 11.8 Å². The van der Waals surface area contributed by atoms with E-state index in [0.717, 1.165) is 17.7 Å². The molecule has 0 spiro atoms. The predicted octanol–water partition coefficient (Wildman–Crippen LogP) is 3.84. The first-order valence-electron chi connectivity index (χ1n) is 6.78. The van der Waals surface area contributed by atoms with Crippen LogP contribution < -0.4 is 5.32 Å². The number of thioether (sulfide) groups is 1. The predicted molar refractivity (Wildman–Crippen MR) is 85.2 cm³/mol. The minimum absolute atomic E-state index is 0.0759. The third-order valence-electron chi connectivity index (χ3n) is 2.94. The second-order valence-corrected chi connectivity index (χ2v) is 5.77. The van der Waals surface area contributed by atoms with Crippen LogP contribution in [0.2, 0.25) is 0 Å². The molecule has 1 aromatic carbocycles. The van der Waals surface area contributed by atoms with Crippen molar-refractivity contribution in [2.24, 2.45) is 0 Å². The molecule has 0 aliphatic rings. The highest BCUT2D eigenvalue weighted by Gasteiger charge is 2.30. The van der Waals surface area contributed by atoms with Gasteiger partial charge in [0.1, 0.15) is 5.82 Å². The molecule has 1 aromatic heterocycles. The molecule has 1 N–H and O–H groups in total. The van der Waals surface area contributed by atoms with Crippen molar-refractivity contribution in [3.8, 4) is 6.07 Å². The molecule has 1 amide bonds. The number of halogens is 3. The Labute approximate surface area is 140 Å². The summed E-state index contributed by atoms with van der Waals surface area (Å²) in [5, 5.41) is 11.1. The Morgan fingerprint density at radius 1 is 1.21 bits per heavy atom. The van der Waals surface area contributed by atoms with Gasteiger partial charge in [-0.1, -0.05) is 12.1 Å². The second kappa shape index (κ2) is 7.84. The quantitative estimate of drug-likeness (QED) is 0.889. The Morgan fingerprint density at radius 2 is 1.92 bits per heavy atom. The first kappa shape index (κ1) is 17.8. The van der Waals surface area contributed by atoms with Gasteiger partial charge in [0.15, 0.2) is 0 Å². The van der Waals surface area contributed by atoms with Crippen LogP contribution in [0.15, 0.2) is 42.6 Å². The van der Waals surface area contributed by atoms with Crippen LogP contribution in [0.25, 0.3) is 0 Å². The number of hydrogen-bond acceptors (Lipinski definition) is 4. The maximum Gasteiger partial charge on any atom is 0.417 e. The second-order valence-electron chi connectivity index (χ2n) is 4.78. The van der Waals surface area contributed by atoms with E-state index in [1.807, 2.05) is 6.07 Å². The van der Waals surface area contributed by atoms with Gasteiger partial charge in [-0.3, -0.25) is 4.79 Å². The Hall–Kier alpha value is -2.53. The summed E-state index contributed by atoms with van der Waals surface area (Å²) in [5.74, 6) is 0.454. The first-order chi connectivity index (χ1) is 11.4. The summed E-state index contributed by atoms with van der Waals surface area (Å²) < 4.78 is 37.2. The van der Waals surface area contributed by atoms with Gasteiger partial charge in [-0.05, 0) is 29.8 Å². The number of nitrogens with zero attached hydrogens (tertiary/aromatic N) is 2. The summed E-state index contributed by atoms with van der Waals surface area (Å²) in [7, 11) is 0. The molecule has 0 saturated carbocycles. The highest BCUT2D eigenvalue weighted by molar-refractivity contribution is 7.99. The molecule has 0 bridgehead atoms. The zero-order chi connectivity index (χ0) is 17.6. The lowest BCUT2D eigenvalue weighted by Gasteiger charge is -2.08. The van der Waals surface area contributed by atoms with Gasteiger partial charge < -0.3 is 5.32 Å². The minimum atomic E-state index is -4.45. The lowest BCUT2D eigenvalue weighted by atomic mass is 10.2. The van der Waals surface area contributed by atoms with Crippen LogP contribution in [0.1, 0.15) is 16.7 Å². The molecule has 0 radical (unpaired) electrons. The molecule has 0 fully saturated rings. The summed E-state index contributed by atoms with van der Waals surface area (Å²) in [6, 6.07) is 11.0. The smallest absolute Gasteiger partial charge is 0.310 e. The number of pyridine rings is 1. The minimum Gasteiger partial charge on any atom is -0.310 e. The topological polar surface area (TPSA) is 65.8 Å². The molecule has 124 valence electrons. The van der Waals surface area contributed by atoms with Gasteiger partial charge in [-0.15, -0.1) is 11.8 Å². The zero-order valence-electron chi connectivity index (χ0n) is 12.3. The number of nitriles is 1. The maximum atomic E-state index is 12.4. The van der Waals surface area contributed by atoms with Gasteiger partial charge in [0, 0.05) is 11.9 Å². The lowest BCUT2D eigenvalue weighted by molar-refractivity contribution is -0.137. The molecule has 0 atom stereocenters. The third-order valence-corrected chi connectivity index (χ3v) is 3.95. The number of nitrogens with one attached hydrogen (secondary N) is 1. The fourth-order valence-electron chi connectivity index (χ4n) is 1.75. The monoisotopic (exact) mass is 351 g/mol. The number of alkyl halides is 3. The van der Waals surface area contributed by atoms with E-state index in [4.69, 9.17) is 5.26 Å². The number of aromatic nitrogens is 1. The molecule has 1 heterocycles. The van der Waals surface area contributed by atoms with E-state index in [-0.39, 0.29) is 17.5 Å². The average Bonchev–Trinajstić information content (AvgIpc) is 2.55. The fraction of sp³-hybridized carbons (Fsp3) is 0.188. The van der Waals surface area contributed by atoms with Crippen molar-refractivity contribution >= 4 is 23.5 Å². The molecular formula is C16H12F3N3OS. The van der Waals surface area contributed by atoms with E-state index < -0.39 is 11.7 Å². The third kappa shape index (κ3) is 5.28. The van der Waals surface area contributed by atoms with Crippen LogP contribution in [-0.2, 0) is 16.7 Å². The zero-order valence-corrected chi connectivity index (χ0v) is 13.1. The number of amides is 1. The first-order valence-corrected chi connectivity index (χ1v) is 7.94. The molecule has 0 aliphatic heterocycles. The van der Waals surface area contributed by atoms with Crippen LogP contribution in [0.4, 0.5) is 19.0 Å². The summed E-state index contributed by atoms with van der Waals surface area (Å²) in [5.41, 5.74) is 0.671. The van der Waals surface area contributed by atoms with Crippen molar-refractivity contribution in [1.29, 1.82) is 5.26 Å². The molecule has 8 heteroatoms. The van der Waals surface area contributed by atoms with E-state index in [9.17, 15) is 18.0 Å². The number of carbonyl (C=O) groups excluding carboxylic acids is 1. The fourth-order valence-corrected chi connectivity index (χ4v) is 2.54. The van der Waals surface area contributed by atoms with Gasteiger partial charge in [0.05, 0.1) is 22.9 Å². The number of carbonyl (C=O) groups is 1. The number of anilines is 1. The van der Waals surface area contributed by atoms with Gasteiger partial charge in [0.25, 0.3) is 0 Å². The molecular weight excluding hydrogens is 339 g/mol. The van der Waals surface area contributed by atoms with Crippen LogP contribution in [-0.4, -0.2) is 16.6 Å². The Morgan fingerprint density at radius 3 is 2.46 bits per heavy atom. The van der Waals surface area contributed by atoms with Crippen molar-refractivity contribution in [3.05, 3.63) is 59.3 Å². The summed E-state index contributed by atoms with van der Waals surface area (Å²) in [6.45, 7) is 0. The van der Waals surface area contributed by atoms with Gasteiger partial charge in [-0.2, -0.15) is 18.4 Å². The molecule has 2 rings (SSSR count). The van der Waals surface area contributed by atoms with E-state index in [2.05, 4.69) is 10.3 Å². The Kier molecular flexibility index (Phi) is 5.82. The summed E-state index contributed by atoms with van der Waals surface area (Å²) >= 11 is 1.35. The van der Waals surface area contributed by atoms with Crippen LogP contribution in [0, 0.1) is 11.3 Å². The van der Waals surface area contributed by atoms with Crippen molar-refractivity contribution in [2.75, 3.05) is 11.1 Å². The number of benzene rings is 1. The van der Waals surface area contributed by atoms with Crippen molar-refractivity contribution in [3.63, 3.8) is 0 Å². The van der Waals surface area contributed by atoms with Gasteiger partial charge in [-0.25, -0.2) is 4.98 Å². The number of hydrogen-bond donors (Lipinski definition) is 1. The molecule has 24 heavy (non-hydrogen) atoms. The van der Waals surface area contributed by atoms with E-state index in [1.54, 1.807) is 24.3 Å². The van der Waals surface area contributed by atoms with Gasteiger partial charge in [0.2, 0.25) is 5.91 Å². The standard InChI is InChI=1S/C16H12F3N3OS/c17-16(18,19)13-5-6-14(21-8-13)22-15(23)10-24-9-12-3-1-11(7-20)2-4-12/h1-6,8H,9-10H2,(H,21,22,23). The SMILES string of the molecule is N#Cc1ccc(CSCC(=O)Nc2ccc(C(F)(F)F)cn2)cc1. The maximum absolute atomic E-state index is 12.4. The Bertz CT molecular complexity index is 737. The van der Waals surface area contributed by atoms with E-state index in [0.29, 0.717) is 17.5 Å². The van der Waals surface area contributed by atoms with Crippen molar-refractivity contribution < 1.29 is 18.0 Å². The normalized spacial score (nSPS) is 10.9. The number of rotatable bonds is 5. The Balaban J connectivity index is 1.79.